The number of furan rings is 1. The minimum atomic E-state index is -0.684. The van der Waals surface area contributed by atoms with Crippen molar-refractivity contribution in [3.05, 3.63) is 87.7 Å². The minimum absolute atomic E-state index is 0.0306. The molecule has 0 aliphatic carbocycles. The lowest BCUT2D eigenvalue weighted by atomic mass is 10.1. The Labute approximate surface area is 218 Å². The second-order valence-corrected chi connectivity index (χ2v) is 8.58. The summed E-state index contributed by atoms with van der Waals surface area (Å²) in [6.45, 7) is -0.594. The highest BCUT2D eigenvalue weighted by atomic mass is 79.9. The molecular formula is C25H19BrFN3O7. The molecule has 37 heavy (non-hydrogen) atoms. The number of amides is 4. The molecule has 1 saturated heterocycles. The van der Waals surface area contributed by atoms with E-state index in [4.69, 9.17) is 9.15 Å². The largest absolute Gasteiger partial charge is 0.483 e. The molecule has 0 saturated carbocycles. The molecule has 10 nitrogen and oxygen atoms in total. The second kappa shape index (κ2) is 11.1. The highest BCUT2D eigenvalue weighted by Gasteiger charge is 2.34. The van der Waals surface area contributed by atoms with Crippen molar-refractivity contribution in [3.8, 4) is 5.75 Å². The van der Waals surface area contributed by atoms with Crippen LogP contribution in [0.15, 0.2) is 69.2 Å². The zero-order valence-electron chi connectivity index (χ0n) is 19.2. The average Bonchev–Trinajstić information content (AvgIpc) is 3.43. The van der Waals surface area contributed by atoms with Gasteiger partial charge in [-0.2, -0.15) is 0 Å². The van der Waals surface area contributed by atoms with Gasteiger partial charge in [0.2, 0.25) is 5.76 Å². The first-order valence-electron chi connectivity index (χ1n) is 10.7. The Kier molecular flexibility index (Phi) is 7.68. The molecule has 1 aliphatic rings. The van der Waals surface area contributed by atoms with Crippen LogP contribution in [0.5, 0.6) is 5.75 Å². The van der Waals surface area contributed by atoms with Crippen LogP contribution in [0.2, 0.25) is 0 Å². The van der Waals surface area contributed by atoms with Gasteiger partial charge >= 0.3 is 12.0 Å². The van der Waals surface area contributed by atoms with Gasteiger partial charge in [0, 0.05) is 15.7 Å². The summed E-state index contributed by atoms with van der Waals surface area (Å²) in [5.74, 6) is -1.91. The number of ether oxygens (including phenoxy) is 2. The van der Waals surface area contributed by atoms with Crippen molar-refractivity contribution in [3.63, 3.8) is 0 Å². The third-order valence-electron chi connectivity index (χ3n) is 5.06. The van der Waals surface area contributed by atoms with Gasteiger partial charge in [0.1, 0.15) is 23.0 Å². The van der Waals surface area contributed by atoms with E-state index in [9.17, 15) is 23.6 Å². The van der Waals surface area contributed by atoms with Gasteiger partial charge in [-0.3, -0.25) is 14.5 Å². The maximum absolute atomic E-state index is 13.3. The number of esters is 1. The SMILES string of the molecule is COC(=O)c1ccc(CN2C(=O)N/C(=C\c3cc(Br)ccc3OCC(=O)Nc3cccc(F)c3)C2=O)o1. The van der Waals surface area contributed by atoms with Gasteiger partial charge in [0.25, 0.3) is 11.8 Å². The lowest BCUT2D eigenvalue weighted by Crippen LogP contribution is -2.30. The zero-order valence-corrected chi connectivity index (χ0v) is 20.8. The van der Waals surface area contributed by atoms with Crippen molar-refractivity contribution in [2.45, 2.75) is 6.54 Å². The number of methoxy groups -OCH3 is 1. The van der Waals surface area contributed by atoms with Gasteiger partial charge in [-0.1, -0.05) is 22.0 Å². The predicted molar refractivity (Wildman–Crippen MR) is 132 cm³/mol. The number of hydrogen-bond acceptors (Lipinski definition) is 7. The van der Waals surface area contributed by atoms with E-state index in [-0.39, 0.29) is 41.8 Å². The molecule has 3 aromatic rings. The van der Waals surface area contributed by atoms with Gasteiger partial charge < -0.3 is 24.5 Å². The third-order valence-corrected chi connectivity index (χ3v) is 5.56. The van der Waals surface area contributed by atoms with E-state index in [0.717, 1.165) is 4.90 Å². The summed E-state index contributed by atoms with van der Waals surface area (Å²) < 4.78 is 29.5. The molecule has 190 valence electrons. The molecule has 1 aliphatic heterocycles. The van der Waals surface area contributed by atoms with Gasteiger partial charge in [-0.25, -0.2) is 14.0 Å². The van der Waals surface area contributed by atoms with Crippen molar-refractivity contribution in [1.82, 2.24) is 10.2 Å². The summed E-state index contributed by atoms with van der Waals surface area (Å²) in [5.41, 5.74) is 0.655. The quantitative estimate of drug-likeness (QED) is 0.237. The Balaban J connectivity index is 1.46. The summed E-state index contributed by atoms with van der Waals surface area (Å²) in [6, 6.07) is 12.5. The molecule has 0 atom stereocenters. The van der Waals surface area contributed by atoms with Crippen LogP contribution in [0.25, 0.3) is 6.08 Å². The van der Waals surface area contributed by atoms with Crippen LogP contribution < -0.4 is 15.4 Å². The number of benzene rings is 2. The van der Waals surface area contributed by atoms with Crippen LogP contribution in [0.1, 0.15) is 21.9 Å². The summed E-state index contributed by atoms with van der Waals surface area (Å²) >= 11 is 3.35. The van der Waals surface area contributed by atoms with Crippen LogP contribution >= 0.6 is 15.9 Å². The maximum Gasteiger partial charge on any atom is 0.373 e. The average molecular weight is 572 g/mol. The molecule has 2 aromatic carbocycles. The number of rotatable bonds is 8. The molecule has 2 heterocycles. The van der Waals surface area contributed by atoms with Crippen molar-refractivity contribution in [1.29, 1.82) is 0 Å². The zero-order chi connectivity index (χ0) is 26.5. The molecule has 0 spiro atoms. The van der Waals surface area contributed by atoms with Crippen molar-refractivity contribution in [2.75, 3.05) is 19.0 Å². The Bertz CT molecular complexity index is 1420. The number of nitrogens with zero attached hydrogens (tertiary/aromatic N) is 1. The second-order valence-electron chi connectivity index (χ2n) is 7.67. The molecule has 2 N–H and O–H groups in total. The summed E-state index contributed by atoms with van der Waals surface area (Å²) in [4.78, 5) is 50.1. The number of urea groups is 1. The number of nitrogens with one attached hydrogen (secondary N) is 2. The van der Waals surface area contributed by atoms with E-state index in [0.29, 0.717) is 10.0 Å². The first-order chi connectivity index (χ1) is 17.7. The molecular weight excluding hydrogens is 553 g/mol. The number of carbonyl (C=O) groups excluding carboxylic acids is 4. The molecule has 4 amide bonds. The highest BCUT2D eigenvalue weighted by molar-refractivity contribution is 9.10. The van der Waals surface area contributed by atoms with Crippen molar-refractivity contribution < 1.29 is 37.5 Å². The lowest BCUT2D eigenvalue weighted by Gasteiger charge is -2.11. The van der Waals surface area contributed by atoms with Crippen LogP contribution in [-0.2, 0) is 20.9 Å². The van der Waals surface area contributed by atoms with E-state index >= 15 is 0 Å². The fourth-order valence-corrected chi connectivity index (χ4v) is 3.75. The normalized spacial score (nSPS) is 14.0. The number of halogens is 2. The molecule has 0 radical (unpaired) electrons. The molecule has 1 aromatic heterocycles. The minimum Gasteiger partial charge on any atom is -0.483 e. The van der Waals surface area contributed by atoms with Crippen molar-refractivity contribution >= 4 is 51.5 Å². The molecule has 0 bridgehead atoms. The van der Waals surface area contributed by atoms with Crippen LogP contribution in [-0.4, -0.2) is 42.4 Å². The van der Waals surface area contributed by atoms with Crippen molar-refractivity contribution in [2.24, 2.45) is 0 Å². The summed E-state index contributed by atoms with van der Waals surface area (Å²) in [6.07, 6.45) is 1.41. The fraction of sp³-hybridized carbons (Fsp3) is 0.120. The van der Waals surface area contributed by atoms with Crippen LogP contribution in [0, 0.1) is 5.82 Å². The van der Waals surface area contributed by atoms with E-state index in [2.05, 4.69) is 31.3 Å². The van der Waals surface area contributed by atoms with Gasteiger partial charge in [-0.05, 0) is 54.6 Å². The Morgan fingerprint density at radius 3 is 2.73 bits per heavy atom. The van der Waals surface area contributed by atoms with Gasteiger partial charge in [-0.15, -0.1) is 0 Å². The first kappa shape index (κ1) is 25.6. The number of carbonyl (C=O) groups is 4. The van der Waals surface area contributed by atoms with E-state index in [1.54, 1.807) is 18.2 Å². The number of hydrogen-bond donors (Lipinski definition) is 2. The Morgan fingerprint density at radius 1 is 1.16 bits per heavy atom. The smallest absolute Gasteiger partial charge is 0.373 e. The molecule has 1 fully saturated rings. The Morgan fingerprint density at radius 2 is 1.97 bits per heavy atom. The topological polar surface area (TPSA) is 127 Å². The molecule has 0 unspecified atom stereocenters. The molecule has 12 heteroatoms. The van der Waals surface area contributed by atoms with E-state index in [1.165, 1.54) is 49.6 Å². The predicted octanol–water partition coefficient (Wildman–Crippen LogP) is 4.08. The standard InChI is InChI=1S/C25H19BrFN3O7/c1-35-24(33)21-8-6-18(37-21)12-30-23(32)19(29-25(30)34)10-14-9-15(26)5-7-20(14)36-13-22(31)28-17-4-2-3-16(27)11-17/h2-11H,12-13H2,1H3,(H,28,31)(H,29,34)/b19-10-. The summed E-state index contributed by atoms with van der Waals surface area (Å²) in [7, 11) is 1.20. The third kappa shape index (κ3) is 6.22. The number of imide groups is 1. The van der Waals surface area contributed by atoms with E-state index < -0.39 is 29.6 Å². The lowest BCUT2D eigenvalue weighted by molar-refractivity contribution is -0.123. The maximum atomic E-state index is 13.3. The van der Waals surface area contributed by atoms with Gasteiger partial charge in [0.05, 0.1) is 13.7 Å². The molecule has 4 rings (SSSR count). The number of anilines is 1. The Hall–Kier alpha value is -4.45. The highest BCUT2D eigenvalue weighted by Crippen LogP contribution is 2.27. The van der Waals surface area contributed by atoms with Crippen LogP contribution in [0.3, 0.4) is 0 Å². The monoisotopic (exact) mass is 571 g/mol. The summed E-state index contributed by atoms with van der Waals surface area (Å²) in [5, 5.41) is 5.02. The first-order valence-corrected chi connectivity index (χ1v) is 11.5. The van der Waals surface area contributed by atoms with Gasteiger partial charge in [0.15, 0.2) is 6.61 Å². The van der Waals surface area contributed by atoms with E-state index in [1.807, 2.05) is 0 Å². The fourth-order valence-electron chi connectivity index (χ4n) is 3.37. The van der Waals surface area contributed by atoms with Crippen LogP contribution in [0.4, 0.5) is 14.9 Å².